The number of aromatic nitrogens is 2. The summed E-state index contributed by atoms with van der Waals surface area (Å²) in [6.07, 6.45) is 0. The molecule has 5 rings (SSSR count). The van der Waals surface area contributed by atoms with E-state index in [-0.39, 0.29) is 5.03 Å². The van der Waals surface area contributed by atoms with E-state index in [1.807, 2.05) is 48.5 Å². The van der Waals surface area contributed by atoms with Crippen LogP contribution in [-0.4, -0.2) is 61.6 Å². The van der Waals surface area contributed by atoms with Gasteiger partial charge < -0.3 is 4.90 Å². The molecule has 2 heterocycles. The van der Waals surface area contributed by atoms with Gasteiger partial charge in [0.25, 0.3) is 0 Å². The minimum absolute atomic E-state index is 0.161. The average molecular weight is 421 g/mol. The lowest BCUT2D eigenvalue weighted by Crippen LogP contribution is -2.43. The van der Waals surface area contributed by atoms with Crippen molar-refractivity contribution in [2.45, 2.75) is 16.5 Å². The summed E-state index contributed by atoms with van der Waals surface area (Å²) >= 11 is 0. The summed E-state index contributed by atoms with van der Waals surface area (Å²) < 4.78 is 27.1. The molecule has 0 aliphatic carbocycles. The van der Waals surface area contributed by atoms with Crippen molar-refractivity contribution in [1.29, 1.82) is 0 Å². The van der Waals surface area contributed by atoms with E-state index < -0.39 is 9.84 Å². The first-order valence-electron chi connectivity index (χ1n) is 10.1. The van der Waals surface area contributed by atoms with Crippen molar-refractivity contribution in [2.75, 3.05) is 33.2 Å². The highest BCUT2D eigenvalue weighted by Crippen LogP contribution is 2.31. The number of nitrogens with one attached hydrogen (secondary N) is 1. The highest BCUT2D eigenvalue weighted by atomic mass is 32.2. The number of sulfone groups is 1. The highest BCUT2D eigenvalue weighted by Gasteiger charge is 2.25. The molecule has 0 amide bonds. The van der Waals surface area contributed by atoms with Crippen LogP contribution in [-0.2, 0) is 16.4 Å². The van der Waals surface area contributed by atoms with Gasteiger partial charge >= 0.3 is 0 Å². The Morgan fingerprint density at radius 3 is 2.53 bits per heavy atom. The number of H-pyrrole nitrogens is 1. The second-order valence-electron chi connectivity index (χ2n) is 7.96. The molecule has 7 heteroatoms. The Labute approximate surface area is 176 Å². The van der Waals surface area contributed by atoms with Gasteiger partial charge in [0.2, 0.25) is 9.84 Å². The zero-order valence-electron chi connectivity index (χ0n) is 16.9. The quantitative estimate of drug-likeness (QED) is 0.549. The third-order valence-corrected chi connectivity index (χ3v) is 7.68. The Morgan fingerprint density at radius 1 is 0.933 bits per heavy atom. The fourth-order valence-corrected chi connectivity index (χ4v) is 5.71. The van der Waals surface area contributed by atoms with Crippen LogP contribution in [0.3, 0.4) is 0 Å². The predicted molar refractivity (Wildman–Crippen MR) is 118 cm³/mol. The molecule has 30 heavy (non-hydrogen) atoms. The SMILES string of the molecule is CN1CCN(Cc2ccc3n[nH]c(S(=O)(=O)c4cccc5ccccc45)c3c2)CC1. The van der Waals surface area contributed by atoms with Gasteiger partial charge in [0.1, 0.15) is 0 Å². The summed E-state index contributed by atoms with van der Waals surface area (Å²) in [7, 11) is -1.61. The molecule has 0 saturated carbocycles. The number of hydrogen-bond acceptors (Lipinski definition) is 5. The van der Waals surface area contributed by atoms with Gasteiger partial charge in [0.05, 0.1) is 10.4 Å². The molecule has 1 saturated heterocycles. The van der Waals surface area contributed by atoms with Crippen molar-refractivity contribution in [1.82, 2.24) is 20.0 Å². The Balaban J connectivity index is 1.55. The van der Waals surface area contributed by atoms with Crippen LogP contribution in [0, 0.1) is 0 Å². The lowest BCUT2D eigenvalue weighted by molar-refractivity contribution is 0.148. The van der Waals surface area contributed by atoms with E-state index in [4.69, 9.17) is 0 Å². The highest BCUT2D eigenvalue weighted by molar-refractivity contribution is 7.91. The summed E-state index contributed by atoms with van der Waals surface area (Å²) in [5.74, 6) is 0. The summed E-state index contributed by atoms with van der Waals surface area (Å²) in [5, 5.41) is 9.49. The number of aromatic amines is 1. The molecule has 0 radical (unpaired) electrons. The van der Waals surface area contributed by atoms with Crippen molar-refractivity contribution in [3.8, 4) is 0 Å². The van der Waals surface area contributed by atoms with E-state index in [0.717, 1.165) is 49.1 Å². The third-order valence-electron chi connectivity index (χ3n) is 5.89. The van der Waals surface area contributed by atoms with Gasteiger partial charge in [0, 0.05) is 43.5 Å². The van der Waals surface area contributed by atoms with Crippen molar-refractivity contribution in [3.63, 3.8) is 0 Å². The molecule has 6 nitrogen and oxygen atoms in total. The number of rotatable bonds is 4. The second-order valence-corrected chi connectivity index (χ2v) is 9.82. The molecule has 0 unspecified atom stereocenters. The number of piperazine rings is 1. The van der Waals surface area contributed by atoms with Crippen LogP contribution in [0.2, 0.25) is 0 Å². The zero-order valence-corrected chi connectivity index (χ0v) is 17.7. The molecule has 1 fully saturated rings. The van der Waals surface area contributed by atoms with E-state index in [1.54, 1.807) is 12.1 Å². The number of fused-ring (bicyclic) bond motifs is 2. The molecule has 154 valence electrons. The van der Waals surface area contributed by atoms with E-state index >= 15 is 0 Å². The first kappa shape index (κ1) is 19.2. The normalized spacial score (nSPS) is 16.4. The van der Waals surface area contributed by atoms with Crippen molar-refractivity contribution in [3.05, 3.63) is 66.2 Å². The third kappa shape index (κ3) is 3.39. The van der Waals surface area contributed by atoms with E-state index in [0.29, 0.717) is 15.8 Å². The minimum Gasteiger partial charge on any atom is -0.304 e. The minimum atomic E-state index is -3.74. The predicted octanol–water partition coefficient (Wildman–Crippen LogP) is 3.30. The van der Waals surface area contributed by atoms with Crippen LogP contribution < -0.4 is 0 Å². The molecule has 1 aliphatic heterocycles. The summed E-state index contributed by atoms with van der Waals surface area (Å²) in [5.41, 5.74) is 1.76. The van der Waals surface area contributed by atoms with Crippen LogP contribution in [0.4, 0.5) is 0 Å². The van der Waals surface area contributed by atoms with Gasteiger partial charge in [-0.1, -0.05) is 42.5 Å². The Morgan fingerprint density at radius 2 is 1.70 bits per heavy atom. The first-order valence-corrected chi connectivity index (χ1v) is 11.6. The topological polar surface area (TPSA) is 69.3 Å². The Hall–Kier alpha value is -2.74. The molecule has 0 atom stereocenters. The first-order chi connectivity index (χ1) is 14.5. The molecule has 4 aromatic rings. The number of nitrogens with zero attached hydrogens (tertiary/aromatic N) is 3. The van der Waals surface area contributed by atoms with Crippen molar-refractivity contribution >= 4 is 31.5 Å². The largest absolute Gasteiger partial charge is 0.304 e. The standard InChI is InChI=1S/C23H24N4O2S/c1-26-11-13-27(14-12-26)16-17-9-10-21-20(15-17)23(25-24-21)30(28,29)22-8-4-6-18-5-2-3-7-19(18)22/h2-10,15H,11-14,16H2,1H3,(H,24,25). The van der Waals surface area contributed by atoms with Crippen LogP contribution in [0.25, 0.3) is 21.7 Å². The van der Waals surface area contributed by atoms with Crippen molar-refractivity contribution in [2.24, 2.45) is 0 Å². The molecule has 1 aromatic heterocycles. The lowest BCUT2D eigenvalue weighted by Gasteiger charge is -2.32. The fraction of sp³-hybridized carbons (Fsp3) is 0.261. The van der Waals surface area contributed by atoms with E-state index in [1.165, 1.54) is 0 Å². The van der Waals surface area contributed by atoms with Crippen LogP contribution in [0.1, 0.15) is 5.56 Å². The van der Waals surface area contributed by atoms with Gasteiger partial charge in [-0.2, -0.15) is 5.10 Å². The maximum absolute atomic E-state index is 13.6. The molecule has 1 N–H and O–H groups in total. The molecule has 0 spiro atoms. The summed E-state index contributed by atoms with van der Waals surface area (Å²) in [4.78, 5) is 5.03. The van der Waals surface area contributed by atoms with Gasteiger partial charge in [-0.25, -0.2) is 8.42 Å². The molecule has 1 aliphatic rings. The molecule has 3 aromatic carbocycles. The maximum atomic E-state index is 13.6. The summed E-state index contributed by atoms with van der Waals surface area (Å²) in [6, 6.07) is 18.8. The van der Waals surface area contributed by atoms with Crippen LogP contribution >= 0.6 is 0 Å². The van der Waals surface area contributed by atoms with Gasteiger partial charge in [0.15, 0.2) is 5.03 Å². The lowest BCUT2D eigenvalue weighted by atomic mass is 10.1. The smallest absolute Gasteiger partial charge is 0.224 e. The Kier molecular flexibility index (Phi) is 4.81. The van der Waals surface area contributed by atoms with E-state index in [2.05, 4.69) is 27.0 Å². The molecular weight excluding hydrogens is 396 g/mol. The van der Waals surface area contributed by atoms with Gasteiger partial charge in [-0.05, 0) is 36.2 Å². The fourth-order valence-electron chi connectivity index (χ4n) is 4.14. The number of benzene rings is 3. The van der Waals surface area contributed by atoms with Crippen molar-refractivity contribution < 1.29 is 8.42 Å². The monoisotopic (exact) mass is 420 g/mol. The number of likely N-dealkylation sites (N-methyl/N-ethyl adjacent to an activating group) is 1. The van der Waals surface area contributed by atoms with Crippen LogP contribution in [0.15, 0.2) is 70.6 Å². The Bertz CT molecular complexity index is 1320. The molecule has 0 bridgehead atoms. The van der Waals surface area contributed by atoms with Crippen LogP contribution in [0.5, 0.6) is 0 Å². The van der Waals surface area contributed by atoms with Gasteiger partial charge in [-0.15, -0.1) is 0 Å². The maximum Gasteiger partial charge on any atom is 0.224 e. The van der Waals surface area contributed by atoms with E-state index in [9.17, 15) is 8.42 Å². The zero-order chi connectivity index (χ0) is 20.7. The second kappa shape index (κ2) is 7.50. The summed E-state index contributed by atoms with van der Waals surface area (Å²) in [6.45, 7) is 4.94. The number of hydrogen-bond donors (Lipinski definition) is 1. The average Bonchev–Trinajstić information content (AvgIpc) is 3.19. The molecular formula is C23H24N4O2S. The van der Waals surface area contributed by atoms with Gasteiger partial charge in [-0.3, -0.25) is 10.00 Å².